The first-order valence-electron chi connectivity index (χ1n) is 7.89. The molecule has 25 heavy (non-hydrogen) atoms. The summed E-state index contributed by atoms with van der Waals surface area (Å²) in [4.78, 5) is 4.31. The average Bonchev–Trinajstić information content (AvgIpc) is 3.33. The maximum absolute atomic E-state index is 5.66. The largest absolute Gasteiger partial charge is 0.421 e. The summed E-state index contributed by atoms with van der Waals surface area (Å²) in [5.74, 6) is 1.98. The molecule has 0 fully saturated rings. The zero-order valence-corrected chi connectivity index (χ0v) is 13.3. The van der Waals surface area contributed by atoms with Crippen LogP contribution in [0.3, 0.4) is 0 Å². The molecule has 0 atom stereocenters. The summed E-state index contributed by atoms with van der Waals surface area (Å²) < 4.78 is 10.9. The van der Waals surface area contributed by atoms with Crippen molar-refractivity contribution < 1.29 is 8.94 Å². The summed E-state index contributed by atoms with van der Waals surface area (Å²) in [6.07, 6.45) is 0.565. The van der Waals surface area contributed by atoms with E-state index in [0.29, 0.717) is 36.6 Å². The fourth-order valence-electron chi connectivity index (χ4n) is 2.33. The fourth-order valence-corrected chi connectivity index (χ4v) is 2.33. The molecule has 1 N–H and O–H groups in total. The Kier molecular flexibility index (Phi) is 4.20. The number of rotatable bonds is 6. The van der Waals surface area contributed by atoms with E-state index in [2.05, 4.69) is 25.7 Å². The van der Waals surface area contributed by atoms with Crippen molar-refractivity contribution >= 4 is 5.95 Å². The highest BCUT2D eigenvalue weighted by atomic mass is 16.5. The molecule has 4 rings (SSSR count). The van der Waals surface area contributed by atoms with Crippen LogP contribution in [-0.4, -0.2) is 26.9 Å². The molecular weight excluding hydrogens is 318 g/mol. The van der Waals surface area contributed by atoms with Gasteiger partial charge in [-0.05, 0) is 29.4 Å². The van der Waals surface area contributed by atoms with E-state index in [0.717, 1.165) is 11.1 Å². The van der Waals surface area contributed by atoms with E-state index in [1.165, 1.54) is 0 Å². The van der Waals surface area contributed by atoms with E-state index in [-0.39, 0.29) is 0 Å². The van der Waals surface area contributed by atoms with Crippen LogP contribution in [0.5, 0.6) is 0 Å². The third-order valence-corrected chi connectivity index (χ3v) is 3.56. The van der Waals surface area contributed by atoms with Crippen LogP contribution in [0.2, 0.25) is 0 Å². The van der Waals surface area contributed by atoms with Gasteiger partial charge in [-0.15, -0.1) is 10.2 Å². The van der Waals surface area contributed by atoms with Gasteiger partial charge in [0, 0.05) is 24.1 Å². The van der Waals surface area contributed by atoms with Gasteiger partial charge in [-0.25, -0.2) is 0 Å². The molecule has 2 heterocycles. The smallest absolute Gasteiger partial charge is 0.263 e. The van der Waals surface area contributed by atoms with Gasteiger partial charge in [-0.2, -0.15) is 4.98 Å². The van der Waals surface area contributed by atoms with E-state index in [1.807, 2.05) is 60.7 Å². The lowest BCUT2D eigenvalue weighted by atomic mass is 10.2. The summed E-state index contributed by atoms with van der Waals surface area (Å²) in [7, 11) is 0. The van der Waals surface area contributed by atoms with Crippen LogP contribution in [0.25, 0.3) is 22.9 Å². The number of aromatic nitrogens is 4. The van der Waals surface area contributed by atoms with E-state index >= 15 is 0 Å². The first kappa shape index (κ1) is 15.1. The zero-order valence-electron chi connectivity index (χ0n) is 13.3. The number of benzene rings is 2. The molecule has 0 bridgehead atoms. The van der Waals surface area contributed by atoms with E-state index in [9.17, 15) is 0 Å². The molecule has 0 unspecified atom stereocenters. The van der Waals surface area contributed by atoms with E-state index < -0.39 is 0 Å². The normalized spacial score (nSPS) is 10.7. The molecule has 0 radical (unpaired) electrons. The second-order valence-corrected chi connectivity index (χ2v) is 5.33. The lowest BCUT2D eigenvalue weighted by Crippen LogP contribution is -2.06. The standard InChI is InChI=1S/C18H15N5O2/c1-3-7-13(8-4-1)16-20-18(23-25-16)19-12-11-15-21-22-17(24-15)14-9-5-2-6-10-14/h1-10H,11-12H2,(H,19,23). The molecule has 124 valence electrons. The summed E-state index contributed by atoms with van der Waals surface area (Å²) in [5.41, 5.74) is 1.78. The van der Waals surface area contributed by atoms with Crippen molar-refractivity contribution in [3.8, 4) is 22.9 Å². The monoisotopic (exact) mass is 333 g/mol. The van der Waals surface area contributed by atoms with Crippen LogP contribution in [0.15, 0.2) is 69.6 Å². The Labute approximate surface area is 143 Å². The summed E-state index contributed by atoms with van der Waals surface area (Å²) >= 11 is 0. The molecule has 4 aromatic rings. The van der Waals surface area contributed by atoms with Crippen molar-refractivity contribution in [1.82, 2.24) is 20.3 Å². The third kappa shape index (κ3) is 3.55. The van der Waals surface area contributed by atoms with Crippen molar-refractivity contribution in [2.24, 2.45) is 0 Å². The Balaban J connectivity index is 1.34. The molecule has 7 nitrogen and oxygen atoms in total. The highest BCUT2D eigenvalue weighted by molar-refractivity contribution is 5.53. The third-order valence-electron chi connectivity index (χ3n) is 3.56. The van der Waals surface area contributed by atoms with Crippen molar-refractivity contribution in [2.75, 3.05) is 11.9 Å². The van der Waals surface area contributed by atoms with Gasteiger partial charge in [0.25, 0.3) is 11.8 Å². The molecule has 0 amide bonds. The molecule has 0 saturated carbocycles. The lowest BCUT2D eigenvalue weighted by Gasteiger charge is -1.97. The van der Waals surface area contributed by atoms with Crippen molar-refractivity contribution in [2.45, 2.75) is 6.42 Å². The Morgan fingerprint density at radius 3 is 2.20 bits per heavy atom. The molecule has 0 saturated heterocycles. The maximum atomic E-state index is 5.66. The number of hydrogen-bond acceptors (Lipinski definition) is 7. The van der Waals surface area contributed by atoms with Gasteiger partial charge >= 0.3 is 0 Å². The highest BCUT2D eigenvalue weighted by Crippen LogP contribution is 2.18. The lowest BCUT2D eigenvalue weighted by molar-refractivity contribution is 0.432. The predicted molar refractivity (Wildman–Crippen MR) is 91.7 cm³/mol. The van der Waals surface area contributed by atoms with Crippen LogP contribution in [0, 0.1) is 0 Å². The van der Waals surface area contributed by atoms with Crippen LogP contribution < -0.4 is 5.32 Å². The minimum atomic E-state index is 0.432. The van der Waals surface area contributed by atoms with Gasteiger partial charge in [-0.3, -0.25) is 0 Å². The molecule has 0 aliphatic heterocycles. The summed E-state index contributed by atoms with van der Waals surface area (Å²) in [6.45, 7) is 0.560. The Bertz CT molecular complexity index is 857. The van der Waals surface area contributed by atoms with Gasteiger partial charge in [0.15, 0.2) is 0 Å². The number of hydrogen-bond donors (Lipinski definition) is 1. The quantitative estimate of drug-likeness (QED) is 0.578. The Morgan fingerprint density at radius 1 is 0.800 bits per heavy atom. The molecule has 0 aliphatic rings. The molecule has 7 heteroatoms. The maximum Gasteiger partial charge on any atom is 0.263 e. The van der Waals surface area contributed by atoms with Crippen LogP contribution in [0.4, 0.5) is 5.95 Å². The molecule has 2 aromatic carbocycles. The molecule has 0 spiro atoms. The summed E-state index contributed by atoms with van der Waals surface area (Å²) in [5, 5.41) is 15.1. The van der Waals surface area contributed by atoms with Crippen LogP contribution in [0.1, 0.15) is 5.89 Å². The topological polar surface area (TPSA) is 89.9 Å². The predicted octanol–water partition coefficient (Wildman–Crippen LogP) is 3.44. The number of anilines is 1. The van der Waals surface area contributed by atoms with Gasteiger partial charge in [0.05, 0.1) is 0 Å². The fraction of sp³-hybridized carbons (Fsp3) is 0.111. The zero-order chi connectivity index (χ0) is 16.9. The van der Waals surface area contributed by atoms with Gasteiger partial charge < -0.3 is 14.3 Å². The van der Waals surface area contributed by atoms with Crippen molar-refractivity contribution in [3.05, 3.63) is 66.6 Å². The summed E-state index contributed by atoms with van der Waals surface area (Å²) in [6, 6.07) is 19.3. The van der Waals surface area contributed by atoms with Crippen LogP contribution >= 0.6 is 0 Å². The molecular formula is C18H15N5O2. The minimum absolute atomic E-state index is 0.432. The Morgan fingerprint density at radius 2 is 1.48 bits per heavy atom. The van der Waals surface area contributed by atoms with Crippen LogP contribution in [-0.2, 0) is 6.42 Å². The van der Waals surface area contributed by atoms with E-state index in [4.69, 9.17) is 8.94 Å². The number of nitrogens with zero attached hydrogens (tertiary/aromatic N) is 4. The van der Waals surface area contributed by atoms with E-state index in [1.54, 1.807) is 0 Å². The second kappa shape index (κ2) is 6.96. The molecule has 2 aromatic heterocycles. The highest BCUT2D eigenvalue weighted by Gasteiger charge is 2.10. The minimum Gasteiger partial charge on any atom is -0.421 e. The van der Waals surface area contributed by atoms with Gasteiger partial charge in [-0.1, -0.05) is 36.4 Å². The first-order valence-corrected chi connectivity index (χ1v) is 7.89. The second-order valence-electron chi connectivity index (χ2n) is 5.33. The number of nitrogens with one attached hydrogen (secondary N) is 1. The van der Waals surface area contributed by atoms with Gasteiger partial charge in [0.2, 0.25) is 11.8 Å². The van der Waals surface area contributed by atoms with Gasteiger partial charge in [0.1, 0.15) is 0 Å². The average molecular weight is 333 g/mol. The first-order chi connectivity index (χ1) is 12.4. The SMILES string of the molecule is c1ccc(-c2nc(NCCc3nnc(-c4ccccc4)o3)no2)cc1. The Hall–Kier alpha value is -3.48. The van der Waals surface area contributed by atoms with Crippen molar-refractivity contribution in [1.29, 1.82) is 0 Å². The van der Waals surface area contributed by atoms with Crippen molar-refractivity contribution in [3.63, 3.8) is 0 Å². The molecule has 0 aliphatic carbocycles.